The van der Waals surface area contributed by atoms with Gasteiger partial charge < -0.3 is 14.8 Å². The number of rotatable bonds is 7. The van der Waals surface area contributed by atoms with Crippen molar-refractivity contribution < 1.29 is 9.47 Å². The molecule has 1 aliphatic heterocycles. The van der Waals surface area contributed by atoms with Crippen LogP contribution in [0.25, 0.3) is 0 Å². The molecule has 3 nitrogen and oxygen atoms in total. The van der Waals surface area contributed by atoms with Crippen molar-refractivity contribution in [3.05, 3.63) is 65.7 Å². The predicted octanol–water partition coefficient (Wildman–Crippen LogP) is 5.26. The Bertz CT molecular complexity index is 711. The first-order chi connectivity index (χ1) is 12.9. The average Bonchev–Trinajstić information content (AvgIpc) is 2.68. The molecule has 1 heterocycles. The van der Waals surface area contributed by atoms with Gasteiger partial charge in [0.1, 0.15) is 5.75 Å². The number of ether oxygens (including phenoxy) is 2. The number of benzene rings is 2. The Morgan fingerprint density at radius 3 is 2.41 bits per heavy atom. The van der Waals surface area contributed by atoms with Gasteiger partial charge in [-0.1, -0.05) is 42.5 Å². The fourth-order valence-electron chi connectivity index (χ4n) is 4.41. The minimum absolute atomic E-state index is 0.0737. The van der Waals surface area contributed by atoms with Crippen molar-refractivity contribution in [3.63, 3.8) is 0 Å². The highest BCUT2D eigenvalue weighted by Crippen LogP contribution is 2.43. The summed E-state index contributed by atoms with van der Waals surface area (Å²) in [5, 5.41) is 3.72. The molecule has 0 aliphatic carbocycles. The lowest BCUT2D eigenvalue weighted by atomic mass is 9.67. The molecule has 0 bridgehead atoms. The van der Waals surface area contributed by atoms with Gasteiger partial charge in [-0.15, -0.1) is 0 Å². The second-order valence-corrected chi connectivity index (χ2v) is 8.38. The first-order valence-electron chi connectivity index (χ1n) is 10.0. The highest BCUT2D eigenvalue weighted by atomic mass is 16.5. The lowest BCUT2D eigenvalue weighted by Gasteiger charge is -2.45. The van der Waals surface area contributed by atoms with Crippen molar-refractivity contribution in [1.82, 2.24) is 5.32 Å². The monoisotopic (exact) mass is 367 g/mol. The Hall–Kier alpha value is -1.84. The van der Waals surface area contributed by atoms with Gasteiger partial charge in [0.25, 0.3) is 0 Å². The van der Waals surface area contributed by atoms with Gasteiger partial charge in [0.05, 0.1) is 12.7 Å². The first kappa shape index (κ1) is 19.9. The maximum atomic E-state index is 6.03. The van der Waals surface area contributed by atoms with Gasteiger partial charge in [0.15, 0.2) is 0 Å². The largest absolute Gasteiger partial charge is 0.497 e. The van der Waals surface area contributed by atoms with E-state index < -0.39 is 0 Å². The summed E-state index contributed by atoms with van der Waals surface area (Å²) in [5.74, 6) is 0.901. The van der Waals surface area contributed by atoms with Crippen molar-refractivity contribution >= 4 is 0 Å². The topological polar surface area (TPSA) is 30.5 Å². The minimum atomic E-state index is -0.0737. The van der Waals surface area contributed by atoms with E-state index in [4.69, 9.17) is 9.47 Å². The van der Waals surface area contributed by atoms with E-state index in [2.05, 4.69) is 68.6 Å². The first-order valence-corrected chi connectivity index (χ1v) is 10.0. The van der Waals surface area contributed by atoms with Gasteiger partial charge >= 0.3 is 0 Å². The van der Waals surface area contributed by atoms with Crippen LogP contribution in [0.1, 0.15) is 57.2 Å². The smallest absolute Gasteiger partial charge is 0.118 e. The standard InChI is InChI=1S/C24H33NO2/c1-19(20-10-12-22(26-4)13-11-20)25-16-14-24(21-8-6-5-7-9-21)15-17-27-23(2,3)18-24/h5-13,19,25H,14-18H2,1-4H3. The van der Waals surface area contributed by atoms with Gasteiger partial charge in [-0.05, 0) is 69.8 Å². The Morgan fingerprint density at radius 1 is 1.07 bits per heavy atom. The molecule has 1 saturated heterocycles. The Balaban J connectivity index is 1.68. The Kier molecular flexibility index (Phi) is 6.23. The normalized spacial score (nSPS) is 23.0. The average molecular weight is 368 g/mol. The summed E-state index contributed by atoms with van der Waals surface area (Å²) in [5.41, 5.74) is 2.84. The molecular weight excluding hydrogens is 334 g/mol. The third-order valence-corrected chi connectivity index (χ3v) is 5.89. The molecule has 2 aromatic rings. The van der Waals surface area contributed by atoms with Crippen LogP contribution in [0, 0.1) is 0 Å². The second-order valence-electron chi connectivity index (χ2n) is 8.38. The summed E-state index contributed by atoms with van der Waals surface area (Å²) in [7, 11) is 1.70. The van der Waals surface area contributed by atoms with Crippen molar-refractivity contribution in [1.29, 1.82) is 0 Å². The van der Waals surface area contributed by atoms with E-state index in [0.29, 0.717) is 6.04 Å². The maximum Gasteiger partial charge on any atom is 0.118 e. The van der Waals surface area contributed by atoms with Crippen LogP contribution >= 0.6 is 0 Å². The molecule has 0 aromatic heterocycles. The van der Waals surface area contributed by atoms with Gasteiger partial charge in [-0.25, -0.2) is 0 Å². The molecule has 2 unspecified atom stereocenters. The molecule has 3 heteroatoms. The summed E-state index contributed by atoms with van der Waals surface area (Å²) in [6.45, 7) is 8.48. The van der Waals surface area contributed by atoms with Crippen molar-refractivity contribution in [2.24, 2.45) is 0 Å². The molecule has 1 aliphatic rings. The van der Waals surface area contributed by atoms with Crippen LogP contribution in [0.5, 0.6) is 5.75 Å². The van der Waals surface area contributed by atoms with Gasteiger partial charge in [-0.2, -0.15) is 0 Å². The van der Waals surface area contributed by atoms with Crippen molar-refractivity contribution in [3.8, 4) is 5.75 Å². The fraction of sp³-hybridized carbons (Fsp3) is 0.500. The van der Waals surface area contributed by atoms with Crippen LogP contribution in [0.3, 0.4) is 0 Å². The summed E-state index contributed by atoms with van der Waals surface area (Å²) in [4.78, 5) is 0. The number of nitrogens with one attached hydrogen (secondary N) is 1. The van der Waals surface area contributed by atoms with E-state index in [1.807, 2.05) is 12.1 Å². The van der Waals surface area contributed by atoms with Crippen LogP contribution in [-0.2, 0) is 10.2 Å². The molecule has 1 N–H and O–H groups in total. The number of methoxy groups -OCH3 is 1. The van der Waals surface area contributed by atoms with Gasteiger partial charge in [-0.3, -0.25) is 0 Å². The zero-order chi connectivity index (χ0) is 19.3. The van der Waals surface area contributed by atoms with Crippen LogP contribution in [-0.4, -0.2) is 25.9 Å². The molecule has 2 atom stereocenters. The highest BCUT2D eigenvalue weighted by molar-refractivity contribution is 5.29. The molecule has 1 fully saturated rings. The Labute approximate surface area is 164 Å². The number of hydrogen-bond acceptors (Lipinski definition) is 3. The molecule has 146 valence electrons. The molecule has 3 rings (SSSR count). The molecule has 0 saturated carbocycles. The van der Waals surface area contributed by atoms with Crippen LogP contribution in [0.4, 0.5) is 0 Å². The molecule has 0 amide bonds. The fourth-order valence-corrected chi connectivity index (χ4v) is 4.41. The van der Waals surface area contributed by atoms with E-state index in [0.717, 1.165) is 38.2 Å². The number of hydrogen-bond donors (Lipinski definition) is 1. The van der Waals surface area contributed by atoms with Gasteiger partial charge in [0.2, 0.25) is 0 Å². The zero-order valence-corrected chi connectivity index (χ0v) is 17.1. The lowest BCUT2D eigenvalue weighted by Crippen LogP contribution is -2.45. The summed E-state index contributed by atoms with van der Waals surface area (Å²) in [6, 6.07) is 19.6. The zero-order valence-electron chi connectivity index (χ0n) is 17.1. The van der Waals surface area contributed by atoms with Crippen molar-refractivity contribution in [2.45, 2.75) is 57.1 Å². The summed E-state index contributed by atoms with van der Waals surface area (Å²) >= 11 is 0. The van der Waals surface area contributed by atoms with E-state index in [1.165, 1.54) is 11.1 Å². The minimum Gasteiger partial charge on any atom is -0.497 e. The molecule has 27 heavy (non-hydrogen) atoms. The van der Waals surface area contributed by atoms with Gasteiger partial charge in [0, 0.05) is 18.1 Å². The molecular formula is C24H33NO2. The second kappa shape index (κ2) is 8.45. The van der Waals surface area contributed by atoms with Crippen molar-refractivity contribution in [2.75, 3.05) is 20.3 Å². The summed E-state index contributed by atoms with van der Waals surface area (Å²) in [6.07, 6.45) is 3.26. The maximum absolute atomic E-state index is 6.03. The van der Waals surface area contributed by atoms with E-state index >= 15 is 0 Å². The lowest BCUT2D eigenvalue weighted by molar-refractivity contribution is -0.0840. The quantitative estimate of drug-likeness (QED) is 0.724. The molecule has 0 radical (unpaired) electrons. The third-order valence-electron chi connectivity index (χ3n) is 5.89. The SMILES string of the molecule is COc1ccc(C(C)NCCC2(c3ccccc3)CCOC(C)(C)C2)cc1. The van der Waals surface area contributed by atoms with E-state index in [9.17, 15) is 0 Å². The van der Waals surface area contributed by atoms with Crippen LogP contribution < -0.4 is 10.1 Å². The third kappa shape index (κ3) is 4.91. The van der Waals surface area contributed by atoms with E-state index in [1.54, 1.807) is 7.11 Å². The molecule has 0 spiro atoms. The summed E-state index contributed by atoms with van der Waals surface area (Å²) < 4.78 is 11.3. The van der Waals surface area contributed by atoms with Crippen LogP contribution in [0.2, 0.25) is 0 Å². The predicted molar refractivity (Wildman–Crippen MR) is 111 cm³/mol. The van der Waals surface area contributed by atoms with Crippen LogP contribution in [0.15, 0.2) is 54.6 Å². The Morgan fingerprint density at radius 2 is 1.78 bits per heavy atom. The van der Waals surface area contributed by atoms with E-state index in [-0.39, 0.29) is 11.0 Å². The highest BCUT2D eigenvalue weighted by Gasteiger charge is 2.41. The molecule has 2 aromatic carbocycles.